The van der Waals surface area contributed by atoms with E-state index in [9.17, 15) is 29.4 Å². The first-order chi connectivity index (χ1) is 16.0. The standard InChI is InChI=1S/C26H38O9/c1-13-18(30)10-17-22(35-16(4)29)23-25(7,9-8-20(31)26(23,32)12-33-14(2)27)11-19(34-15(3)28)21(13)24(17,5)6/h17,19-20,22-23,31-32H,8-12H2,1-7H3/t17?,19-,20-,22+,23-,25-,26-/m0/s1. The number of hydrogen-bond donors (Lipinski definition) is 2. The minimum Gasteiger partial charge on any atom is -0.463 e. The molecule has 0 spiro atoms. The molecule has 0 aromatic rings. The number of carbonyl (C=O) groups is 4. The molecular formula is C26H38O9. The fourth-order valence-electron chi connectivity index (χ4n) is 7.02. The number of fused-ring (bicyclic) bond motifs is 3. The van der Waals surface area contributed by atoms with Gasteiger partial charge >= 0.3 is 17.9 Å². The van der Waals surface area contributed by atoms with Crippen molar-refractivity contribution < 1.29 is 43.6 Å². The van der Waals surface area contributed by atoms with E-state index in [-0.39, 0.29) is 25.0 Å². The van der Waals surface area contributed by atoms with E-state index < -0.39 is 71.1 Å². The Morgan fingerprint density at radius 3 is 2.17 bits per heavy atom. The lowest BCUT2D eigenvalue weighted by Crippen LogP contribution is -2.68. The fourth-order valence-corrected chi connectivity index (χ4v) is 7.02. The highest BCUT2D eigenvalue weighted by atomic mass is 16.6. The number of ether oxygens (including phenoxy) is 3. The van der Waals surface area contributed by atoms with E-state index in [4.69, 9.17) is 14.2 Å². The second kappa shape index (κ2) is 9.32. The Hall–Kier alpha value is -2.26. The summed E-state index contributed by atoms with van der Waals surface area (Å²) < 4.78 is 16.9. The van der Waals surface area contributed by atoms with Gasteiger partial charge in [0.1, 0.15) is 24.4 Å². The molecule has 9 nitrogen and oxygen atoms in total. The lowest BCUT2D eigenvalue weighted by molar-refractivity contribution is -0.250. The fraction of sp³-hybridized carbons (Fsp3) is 0.769. The van der Waals surface area contributed by atoms with E-state index in [1.807, 2.05) is 20.8 Å². The van der Waals surface area contributed by atoms with Crippen molar-refractivity contribution in [3.8, 4) is 0 Å². The monoisotopic (exact) mass is 494 g/mol. The highest BCUT2D eigenvalue weighted by Gasteiger charge is 2.65. The quantitative estimate of drug-likeness (QED) is 0.445. The van der Waals surface area contributed by atoms with Gasteiger partial charge in [-0.15, -0.1) is 0 Å². The van der Waals surface area contributed by atoms with Gasteiger partial charge in [0.15, 0.2) is 5.78 Å². The van der Waals surface area contributed by atoms with Crippen molar-refractivity contribution in [3.05, 3.63) is 11.1 Å². The van der Waals surface area contributed by atoms with Crippen LogP contribution < -0.4 is 0 Å². The summed E-state index contributed by atoms with van der Waals surface area (Å²) >= 11 is 0. The van der Waals surface area contributed by atoms with Gasteiger partial charge in [0.2, 0.25) is 0 Å². The zero-order valence-corrected chi connectivity index (χ0v) is 21.7. The number of rotatable bonds is 4. The summed E-state index contributed by atoms with van der Waals surface area (Å²) in [5.74, 6) is -3.34. The summed E-state index contributed by atoms with van der Waals surface area (Å²) in [6.07, 6.45) is -2.04. The average Bonchev–Trinajstić information content (AvgIpc) is 2.70. The largest absolute Gasteiger partial charge is 0.463 e. The van der Waals surface area contributed by atoms with Gasteiger partial charge in [-0.05, 0) is 48.2 Å². The molecule has 3 rings (SSSR count). The Balaban J connectivity index is 2.31. The Morgan fingerprint density at radius 2 is 1.63 bits per heavy atom. The van der Waals surface area contributed by atoms with Crippen molar-refractivity contribution in [2.45, 2.75) is 98.1 Å². The van der Waals surface area contributed by atoms with E-state index >= 15 is 0 Å². The Morgan fingerprint density at radius 1 is 1.03 bits per heavy atom. The second-order valence-electron chi connectivity index (χ2n) is 11.3. The van der Waals surface area contributed by atoms with Gasteiger partial charge in [0.25, 0.3) is 0 Å². The van der Waals surface area contributed by atoms with Crippen molar-refractivity contribution in [2.75, 3.05) is 6.61 Å². The van der Waals surface area contributed by atoms with Gasteiger partial charge in [-0.25, -0.2) is 0 Å². The highest BCUT2D eigenvalue weighted by molar-refractivity contribution is 5.97. The molecule has 35 heavy (non-hydrogen) atoms. The summed E-state index contributed by atoms with van der Waals surface area (Å²) in [7, 11) is 0. The van der Waals surface area contributed by atoms with E-state index in [2.05, 4.69) is 0 Å². The normalized spacial score (nSPS) is 38.5. The molecule has 0 heterocycles. The van der Waals surface area contributed by atoms with Gasteiger partial charge in [-0.2, -0.15) is 0 Å². The number of aliphatic hydroxyl groups is 2. The van der Waals surface area contributed by atoms with Crippen molar-refractivity contribution >= 4 is 23.7 Å². The van der Waals surface area contributed by atoms with Crippen LogP contribution >= 0.6 is 0 Å². The zero-order valence-electron chi connectivity index (χ0n) is 21.7. The van der Waals surface area contributed by atoms with Crippen molar-refractivity contribution in [3.63, 3.8) is 0 Å². The van der Waals surface area contributed by atoms with Gasteiger partial charge < -0.3 is 24.4 Å². The van der Waals surface area contributed by atoms with Gasteiger partial charge in [0, 0.05) is 39.0 Å². The maximum Gasteiger partial charge on any atom is 0.303 e. The molecule has 196 valence electrons. The summed E-state index contributed by atoms with van der Waals surface area (Å²) in [4.78, 5) is 49.4. The number of Topliss-reactive ketones (excluding diaryl/α,β-unsaturated/α-hetero) is 1. The van der Waals surface area contributed by atoms with E-state index in [1.54, 1.807) is 6.92 Å². The Kier molecular flexibility index (Phi) is 7.27. The minimum absolute atomic E-state index is 0.0550. The summed E-state index contributed by atoms with van der Waals surface area (Å²) in [5.41, 5.74) is -2.27. The molecule has 3 aliphatic rings. The third-order valence-electron chi connectivity index (χ3n) is 8.52. The van der Waals surface area contributed by atoms with Gasteiger partial charge in [0.05, 0.1) is 6.10 Å². The molecule has 1 unspecified atom stereocenters. The number of allylic oxidation sites excluding steroid dienone is 1. The number of hydrogen-bond acceptors (Lipinski definition) is 9. The van der Waals surface area contributed by atoms with E-state index in [0.717, 1.165) is 0 Å². The minimum atomic E-state index is -1.95. The van der Waals surface area contributed by atoms with Gasteiger partial charge in [-0.1, -0.05) is 20.8 Å². The first kappa shape index (κ1) is 27.3. The van der Waals surface area contributed by atoms with Crippen LogP contribution in [0.5, 0.6) is 0 Å². The predicted octanol–water partition coefficient (Wildman–Crippen LogP) is 2.26. The molecular weight excluding hydrogens is 456 g/mol. The molecule has 7 atom stereocenters. The van der Waals surface area contributed by atoms with Gasteiger partial charge in [-0.3, -0.25) is 19.2 Å². The highest BCUT2D eigenvalue weighted by Crippen LogP contribution is 2.60. The van der Waals surface area contributed by atoms with E-state index in [1.165, 1.54) is 20.8 Å². The number of aliphatic hydroxyl groups excluding tert-OH is 1. The van der Waals surface area contributed by atoms with Crippen LogP contribution in [0.25, 0.3) is 0 Å². The molecule has 0 saturated heterocycles. The molecule has 2 bridgehead atoms. The average molecular weight is 495 g/mol. The van der Waals surface area contributed by atoms with Crippen LogP contribution in [0.2, 0.25) is 0 Å². The Bertz CT molecular complexity index is 950. The number of esters is 3. The van der Waals surface area contributed by atoms with Crippen LogP contribution in [0.1, 0.15) is 74.1 Å². The molecule has 2 saturated carbocycles. The molecule has 2 fully saturated rings. The van der Waals surface area contributed by atoms with Crippen LogP contribution in [0.4, 0.5) is 0 Å². The maximum atomic E-state index is 13.2. The van der Waals surface area contributed by atoms with Crippen molar-refractivity contribution in [2.24, 2.45) is 22.7 Å². The van der Waals surface area contributed by atoms with Crippen LogP contribution in [0.15, 0.2) is 11.1 Å². The van der Waals surface area contributed by atoms with Crippen molar-refractivity contribution in [1.82, 2.24) is 0 Å². The first-order valence-corrected chi connectivity index (χ1v) is 12.2. The lowest BCUT2D eigenvalue weighted by atomic mass is 9.48. The van der Waals surface area contributed by atoms with Crippen LogP contribution in [-0.4, -0.2) is 64.4 Å². The second-order valence-corrected chi connectivity index (χ2v) is 11.3. The maximum absolute atomic E-state index is 13.2. The summed E-state index contributed by atoms with van der Waals surface area (Å²) in [5, 5.41) is 23.0. The summed E-state index contributed by atoms with van der Waals surface area (Å²) in [6.45, 7) is 10.8. The molecule has 2 N–H and O–H groups in total. The lowest BCUT2D eigenvalue weighted by Gasteiger charge is -2.60. The van der Waals surface area contributed by atoms with E-state index in [0.29, 0.717) is 17.6 Å². The predicted molar refractivity (Wildman–Crippen MR) is 124 cm³/mol. The van der Waals surface area contributed by atoms with Crippen molar-refractivity contribution in [1.29, 1.82) is 0 Å². The molecule has 0 aromatic heterocycles. The topological polar surface area (TPSA) is 136 Å². The summed E-state index contributed by atoms with van der Waals surface area (Å²) in [6, 6.07) is 0. The Labute approximate surface area is 206 Å². The zero-order chi connectivity index (χ0) is 26.5. The number of ketones is 1. The molecule has 0 aliphatic heterocycles. The van der Waals surface area contributed by atoms with Crippen LogP contribution in [0.3, 0.4) is 0 Å². The molecule has 9 heteroatoms. The third-order valence-corrected chi connectivity index (χ3v) is 8.52. The SMILES string of the molecule is CC(=O)OC[C@]1(O)[C@@H](O)CC[C@@]2(C)C[C@H](OC(C)=O)C3=C(C)C(=O)CC([C@@H](OC(C)=O)[C@@H]21)C3(C)C. The molecule has 0 aromatic carbocycles. The van der Waals surface area contributed by atoms with Crippen LogP contribution in [-0.2, 0) is 33.4 Å². The first-order valence-electron chi connectivity index (χ1n) is 12.2. The molecule has 0 radical (unpaired) electrons. The third kappa shape index (κ3) is 4.77. The smallest absolute Gasteiger partial charge is 0.303 e. The molecule has 3 aliphatic carbocycles. The van der Waals surface area contributed by atoms with Crippen LogP contribution in [0, 0.1) is 22.7 Å². The molecule has 0 amide bonds. The number of carbonyl (C=O) groups excluding carboxylic acids is 4.